The number of imidazole rings is 1. The van der Waals surface area contributed by atoms with Gasteiger partial charge in [0, 0.05) is 18.7 Å². The van der Waals surface area contributed by atoms with Crippen molar-refractivity contribution in [3.05, 3.63) is 48.5 Å². The van der Waals surface area contributed by atoms with E-state index in [1.807, 2.05) is 30.3 Å². The van der Waals surface area contributed by atoms with Crippen LogP contribution in [0.3, 0.4) is 0 Å². The third kappa shape index (κ3) is 2.61. The van der Waals surface area contributed by atoms with E-state index in [2.05, 4.69) is 15.3 Å². The van der Waals surface area contributed by atoms with Crippen LogP contribution in [0.2, 0.25) is 0 Å². The minimum atomic E-state index is -0.120. The highest BCUT2D eigenvalue weighted by atomic mass is 16.5. The molecule has 0 spiro atoms. The monoisotopic (exact) mass is 267 g/mol. The Labute approximate surface area is 115 Å². The van der Waals surface area contributed by atoms with Gasteiger partial charge in [0.15, 0.2) is 0 Å². The first-order valence-electron chi connectivity index (χ1n) is 6.21. The van der Waals surface area contributed by atoms with E-state index in [9.17, 15) is 4.79 Å². The molecule has 20 heavy (non-hydrogen) atoms. The Balaban J connectivity index is 1.85. The van der Waals surface area contributed by atoms with Crippen molar-refractivity contribution in [3.63, 3.8) is 0 Å². The molecular weight excluding hydrogens is 254 g/mol. The number of benzene rings is 2. The first-order valence-corrected chi connectivity index (χ1v) is 6.21. The van der Waals surface area contributed by atoms with Gasteiger partial charge in [0.25, 0.3) is 6.01 Å². The number of aromatic nitrogens is 2. The van der Waals surface area contributed by atoms with E-state index in [1.54, 1.807) is 18.2 Å². The van der Waals surface area contributed by atoms with E-state index in [4.69, 9.17) is 4.74 Å². The molecule has 0 atom stereocenters. The predicted octanol–water partition coefficient (Wildman–Crippen LogP) is 3.31. The number of fused-ring (bicyclic) bond motifs is 1. The van der Waals surface area contributed by atoms with Crippen LogP contribution >= 0.6 is 0 Å². The van der Waals surface area contributed by atoms with Crippen LogP contribution in [-0.2, 0) is 4.79 Å². The van der Waals surface area contributed by atoms with Crippen molar-refractivity contribution in [2.75, 3.05) is 5.32 Å². The highest BCUT2D eigenvalue weighted by molar-refractivity contribution is 5.88. The number of carbonyl (C=O) groups is 1. The van der Waals surface area contributed by atoms with Crippen molar-refractivity contribution < 1.29 is 9.53 Å². The zero-order valence-corrected chi connectivity index (χ0v) is 10.9. The number of nitrogens with zero attached hydrogens (tertiary/aromatic N) is 1. The second kappa shape index (κ2) is 5.05. The first kappa shape index (κ1) is 12.2. The Morgan fingerprint density at radius 1 is 1.20 bits per heavy atom. The maximum atomic E-state index is 11.0. The van der Waals surface area contributed by atoms with Gasteiger partial charge in [-0.3, -0.25) is 4.79 Å². The van der Waals surface area contributed by atoms with Crippen LogP contribution in [0.4, 0.5) is 5.69 Å². The lowest BCUT2D eigenvalue weighted by Gasteiger charge is -2.05. The Morgan fingerprint density at radius 2 is 2.05 bits per heavy atom. The fraction of sp³-hybridized carbons (Fsp3) is 0.0667. The molecule has 2 aromatic carbocycles. The molecule has 100 valence electrons. The molecule has 0 aliphatic carbocycles. The largest absolute Gasteiger partial charge is 0.426 e. The summed E-state index contributed by atoms with van der Waals surface area (Å²) in [7, 11) is 0. The fourth-order valence-corrected chi connectivity index (χ4v) is 1.93. The zero-order chi connectivity index (χ0) is 13.9. The second-order valence-corrected chi connectivity index (χ2v) is 4.37. The number of anilines is 1. The van der Waals surface area contributed by atoms with Crippen LogP contribution in [0.25, 0.3) is 11.0 Å². The molecule has 0 radical (unpaired) electrons. The lowest BCUT2D eigenvalue weighted by atomic mass is 10.3. The second-order valence-electron chi connectivity index (χ2n) is 4.37. The molecule has 0 fully saturated rings. The predicted molar refractivity (Wildman–Crippen MR) is 76.9 cm³/mol. The molecule has 1 heterocycles. The molecule has 3 rings (SSSR count). The number of ether oxygens (including phenoxy) is 1. The van der Waals surface area contributed by atoms with Gasteiger partial charge in [0.1, 0.15) is 5.75 Å². The van der Waals surface area contributed by atoms with Crippen LogP contribution in [0.5, 0.6) is 11.8 Å². The normalized spacial score (nSPS) is 10.4. The molecule has 2 N–H and O–H groups in total. The smallest absolute Gasteiger partial charge is 0.300 e. The number of carbonyl (C=O) groups excluding carboxylic acids is 1. The fourth-order valence-electron chi connectivity index (χ4n) is 1.93. The summed E-state index contributed by atoms with van der Waals surface area (Å²) in [5, 5.41) is 2.71. The lowest BCUT2D eigenvalue weighted by Crippen LogP contribution is -2.05. The minimum absolute atomic E-state index is 0.120. The molecule has 3 aromatic rings. The number of H-pyrrole nitrogens is 1. The highest BCUT2D eigenvalue weighted by Crippen LogP contribution is 2.24. The van der Waals surface area contributed by atoms with Crippen LogP contribution < -0.4 is 10.1 Å². The van der Waals surface area contributed by atoms with Crippen LogP contribution in [-0.4, -0.2) is 15.9 Å². The standard InChI is InChI=1S/C15H13N3O2/c1-10(19)16-11-5-4-6-12(9-11)20-15-17-13-7-2-3-8-14(13)18-15/h2-9H,1H3,(H,16,19)(H,17,18). The van der Waals surface area contributed by atoms with Gasteiger partial charge in [-0.2, -0.15) is 4.98 Å². The van der Waals surface area contributed by atoms with Gasteiger partial charge in [0.05, 0.1) is 11.0 Å². The van der Waals surface area contributed by atoms with Gasteiger partial charge in [-0.15, -0.1) is 0 Å². The van der Waals surface area contributed by atoms with E-state index in [0.29, 0.717) is 17.4 Å². The average Bonchev–Trinajstić information content (AvgIpc) is 2.80. The Hall–Kier alpha value is -2.82. The van der Waals surface area contributed by atoms with E-state index < -0.39 is 0 Å². The Morgan fingerprint density at radius 3 is 2.85 bits per heavy atom. The van der Waals surface area contributed by atoms with E-state index in [1.165, 1.54) is 6.92 Å². The quantitative estimate of drug-likeness (QED) is 0.765. The molecule has 5 heteroatoms. The summed E-state index contributed by atoms with van der Waals surface area (Å²) < 4.78 is 5.67. The summed E-state index contributed by atoms with van der Waals surface area (Å²) in [6, 6.07) is 15.3. The van der Waals surface area contributed by atoms with Gasteiger partial charge < -0.3 is 15.0 Å². The van der Waals surface area contributed by atoms with Crippen molar-refractivity contribution in [2.45, 2.75) is 6.92 Å². The van der Waals surface area contributed by atoms with Gasteiger partial charge in [-0.05, 0) is 24.3 Å². The van der Waals surface area contributed by atoms with Gasteiger partial charge in [-0.1, -0.05) is 18.2 Å². The summed E-state index contributed by atoms with van der Waals surface area (Å²) >= 11 is 0. The third-order valence-corrected chi connectivity index (χ3v) is 2.74. The van der Waals surface area contributed by atoms with E-state index in [0.717, 1.165) is 11.0 Å². The van der Waals surface area contributed by atoms with Crippen molar-refractivity contribution >= 4 is 22.6 Å². The van der Waals surface area contributed by atoms with Crippen molar-refractivity contribution in [3.8, 4) is 11.8 Å². The lowest BCUT2D eigenvalue weighted by molar-refractivity contribution is -0.114. The summed E-state index contributed by atoms with van der Waals surface area (Å²) in [5.41, 5.74) is 2.45. The molecule has 1 aromatic heterocycles. The number of aromatic amines is 1. The van der Waals surface area contributed by atoms with E-state index >= 15 is 0 Å². The highest BCUT2D eigenvalue weighted by Gasteiger charge is 2.05. The van der Waals surface area contributed by atoms with Crippen LogP contribution in [0.1, 0.15) is 6.92 Å². The molecule has 5 nitrogen and oxygen atoms in total. The molecule has 0 aliphatic rings. The number of nitrogens with one attached hydrogen (secondary N) is 2. The summed E-state index contributed by atoms with van der Waals surface area (Å²) in [6.07, 6.45) is 0. The summed E-state index contributed by atoms with van der Waals surface area (Å²) in [4.78, 5) is 18.4. The number of para-hydroxylation sites is 2. The number of hydrogen-bond donors (Lipinski definition) is 2. The number of amides is 1. The number of hydrogen-bond acceptors (Lipinski definition) is 3. The zero-order valence-electron chi connectivity index (χ0n) is 10.9. The van der Waals surface area contributed by atoms with Crippen LogP contribution in [0, 0.1) is 0 Å². The molecule has 0 saturated heterocycles. The van der Waals surface area contributed by atoms with Crippen LogP contribution in [0.15, 0.2) is 48.5 Å². The Bertz CT molecular complexity index is 731. The molecule has 0 aliphatic heterocycles. The third-order valence-electron chi connectivity index (χ3n) is 2.74. The summed E-state index contributed by atoms with van der Waals surface area (Å²) in [6.45, 7) is 1.47. The Kier molecular flexibility index (Phi) is 3.09. The topological polar surface area (TPSA) is 67.0 Å². The molecule has 0 unspecified atom stereocenters. The SMILES string of the molecule is CC(=O)Nc1cccc(Oc2nc3ccccc3[nH]2)c1. The van der Waals surface area contributed by atoms with Gasteiger partial charge >= 0.3 is 0 Å². The maximum Gasteiger partial charge on any atom is 0.300 e. The van der Waals surface area contributed by atoms with Gasteiger partial charge in [-0.25, -0.2) is 0 Å². The average molecular weight is 267 g/mol. The molecule has 1 amide bonds. The van der Waals surface area contributed by atoms with Crippen molar-refractivity contribution in [2.24, 2.45) is 0 Å². The maximum absolute atomic E-state index is 11.0. The summed E-state index contributed by atoms with van der Waals surface area (Å²) in [5.74, 6) is 0.487. The minimum Gasteiger partial charge on any atom is -0.426 e. The molecule has 0 bridgehead atoms. The molecular formula is C15H13N3O2. The van der Waals surface area contributed by atoms with Crippen molar-refractivity contribution in [1.29, 1.82) is 0 Å². The van der Waals surface area contributed by atoms with E-state index in [-0.39, 0.29) is 5.91 Å². The first-order chi connectivity index (χ1) is 9.70. The van der Waals surface area contributed by atoms with Gasteiger partial charge in [0.2, 0.25) is 5.91 Å². The molecule has 0 saturated carbocycles. The number of rotatable bonds is 3. The van der Waals surface area contributed by atoms with Crippen molar-refractivity contribution in [1.82, 2.24) is 9.97 Å².